The molecule has 0 aliphatic carbocycles. The van der Waals surface area contributed by atoms with Crippen LogP contribution in [0.5, 0.6) is 0 Å². The second-order valence-corrected chi connectivity index (χ2v) is 7.48. The molecule has 0 spiro atoms. The maximum absolute atomic E-state index is 12.9. The monoisotopic (exact) mass is 342 g/mol. The number of sulfonamides is 1. The minimum absolute atomic E-state index is 0.222. The van der Waals surface area contributed by atoms with Crippen LogP contribution in [0, 0.1) is 6.92 Å². The van der Waals surface area contributed by atoms with E-state index in [1.54, 1.807) is 31.3 Å². The molecule has 2 aromatic carbocycles. The summed E-state index contributed by atoms with van der Waals surface area (Å²) in [6.45, 7) is 1.91. The summed E-state index contributed by atoms with van der Waals surface area (Å²) in [5.74, 6) is 0.296. The molecular formula is C17H18N4O2S. The van der Waals surface area contributed by atoms with Gasteiger partial charge in [-0.1, -0.05) is 48.0 Å². The molecule has 0 N–H and O–H groups in total. The highest BCUT2D eigenvalue weighted by molar-refractivity contribution is 7.92. The summed E-state index contributed by atoms with van der Waals surface area (Å²) >= 11 is 0. The highest BCUT2D eigenvalue weighted by atomic mass is 32.2. The maximum atomic E-state index is 12.9. The number of aromatic nitrogens is 3. The van der Waals surface area contributed by atoms with E-state index in [2.05, 4.69) is 10.2 Å². The first kappa shape index (κ1) is 16.2. The van der Waals surface area contributed by atoms with Crippen LogP contribution in [0.4, 0.5) is 5.82 Å². The third-order valence-corrected chi connectivity index (χ3v) is 5.48. The summed E-state index contributed by atoms with van der Waals surface area (Å²) in [6, 6.07) is 16.1. The molecule has 0 saturated carbocycles. The Hall–Kier alpha value is -2.67. The lowest BCUT2D eigenvalue weighted by molar-refractivity contribution is 0.593. The fraction of sp³-hybridized carbons (Fsp3) is 0.176. The van der Waals surface area contributed by atoms with Crippen LogP contribution >= 0.6 is 0 Å². The summed E-state index contributed by atoms with van der Waals surface area (Å²) < 4.78 is 26.9. The second kappa shape index (κ2) is 6.09. The van der Waals surface area contributed by atoms with E-state index in [0.29, 0.717) is 11.5 Å². The lowest BCUT2D eigenvalue weighted by Gasteiger charge is -2.17. The Morgan fingerprint density at radius 2 is 1.58 bits per heavy atom. The van der Waals surface area contributed by atoms with Crippen molar-refractivity contribution in [2.75, 3.05) is 11.4 Å². The molecule has 0 atom stereocenters. The molecule has 0 bridgehead atoms. The molecule has 6 nitrogen and oxygen atoms in total. The Morgan fingerprint density at radius 1 is 0.958 bits per heavy atom. The van der Waals surface area contributed by atoms with Gasteiger partial charge in [0.15, 0.2) is 5.82 Å². The van der Waals surface area contributed by atoms with Gasteiger partial charge >= 0.3 is 0 Å². The van der Waals surface area contributed by atoms with E-state index in [-0.39, 0.29) is 4.90 Å². The van der Waals surface area contributed by atoms with Crippen molar-refractivity contribution in [2.45, 2.75) is 11.8 Å². The molecule has 124 valence electrons. The Morgan fingerprint density at radius 3 is 2.21 bits per heavy atom. The Balaban J connectivity index is 2.07. The van der Waals surface area contributed by atoms with Crippen molar-refractivity contribution in [3.63, 3.8) is 0 Å². The van der Waals surface area contributed by atoms with Crippen molar-refractivity contribution in [2.24, 2.45) is 7.05 Å². The smallest absolute Gasteiger partial charge is 0.250 e. The molecule has 7 heteroatoms. The van der Waals surface area contributed by atoms with Gasteiger partial charge in [-0.3, -0.25) is 0 Å². The van der Waals surface area contributed by atoms with Gasteiger partial charge in [0, 0.05) is 19.7 Å². The zero-order valence-corrected chi connectivity index (χ0v) is 14.5. The van der Waals surface area contributed by atoms with Crippen LogP contribution < -0.4 is 4.31 Å². The molecule has 0 fully saturated rings. The number of hydrogen-bond acceptors (Lipinski definition) is 4. The first-order valence-electron chi connectivity index (χ1n) is 7.42. The second-order valence-electron chi connectivity index (χ2n) is 5.51. The van der Waals surface area contributed by atoms with Crippen LogP contribution in [0.15, 0.2) is 59.5 Å². The molecule has 24 heavy (non-hydrogen) atoms. The quantitative estimate of drug-likeness (QED) is 0.731. The van der Waals surface area contributed by atoms with Crippen molar-refractivity contribution in [1.29, 1.82) is 0 Å². The van der Waals surface area contributed by atoms with Crippen molar-refractivity contribution in [3.8, 4) is 11.3 Å². The highest BCUT2D eigenvalue weighted by Gasteiger charge is 2.27. The summed E-state index contributed by atoms with van der Waals surface area (Å²) in [6.07, 6.45) is 0. The van der Waals surface area contributed by atoms with Crippen LogP contribution in [0.3, 0.4) is 0 Å². The standard InChI is InChI=1S/C17H18N4O2S/c1-13-9-11-15(12-10-13)24(22,23)20(2)17-16(18-21(3)19-17)14-7-5-4-6-8-14/h4-12H,1-3H3. The molecule has 0 unspecified atom stereocenters. The van der Waals surface area contributed by atoms with Gasteiger partial charge < -0.3 is 0 Å². The van der Waals surface area contributed by atoms with E-state index in [9.17, 15) is 8.42 Å². The zero-order valence-electron chi connectivity index (χ0n) is 13.7. The van der Waals surface area contributed by atoms with E-state index in [4.69, 9.17) is 0 Å². The van der Waals surface area contributed by atoms with Gasteiger partial charge in [0.25, 0.3) is 10.0 Å². The normalized spacial score (nSPS) is 11.5. The van der Waals surface area contributed by atoms with Gasteiger partial charge in [-0.25, -0.2) is 12.7 Å². The van der Waals surface area contributed by atoms with Crippen molar-refractivity contribution < 1.29 is 8.42 Å². The van der Waals surface area contributed by atoms with E-state index >= 15 is 0 Å². The molecular weight excluding hydrogens is 324 g/mol. The summed E-state index contributed by atoms with van der Waals surface area (Å²) in [5, 5.41) is 8.57. The predicted molar refractivity (Wildman–Crippen MR) is 93.2 cm³/mol. The van der Waals surface area contributed by atoms with Crippen molar-refractivity contribution in [3.05, 3.63) is 60.2 Å². The topological polar surface area (TPSA) is 68.1 Å². The van der Waals surface area contributed by atoms with Crippen LogP contribution in [0.1, 0.15) is 5.56 Å². The molecule has 0 radical (unpaired) electrons. The van der Waals surface area contributed by atoms with Crippen LogP contribution in [0.25, 0.3) is 11.3 Å². The van der Waals surface area contributed by atoms with Crippen LogP contribution in [-0.2, 0) is 17.1 Å². The predicted octanol–water partition coefficient (Wildman–Crippen LogP) is 2.62. The summed E-state index contributed by atoms with van der Waals surface area (Å²) in [7, 11) is -0.548. The van der Waals surface area contributed by atoms with Gasteiger partial charge in [0.05, 0.1) is 4.90 Å². The average molecular weight is 342 g/mol. The Bertz CT molecular complexity index is 948. The molecule has 0 aliphatic rings. The molecule has 3 aromatic rings. The van der Waals surface area contributed by atoms with Gasteiger partial charge in [0.1, 0.15) is 5.69 Å². The fourth-order valence-electron chi connectivity index (χ4n) is 2.37. The molecule has 3 rings (SSSR count). The minimum atomic E-state index is -3.71. The maximum Gasteiger partial charge on any atom is 0.265 e. The number of hydrogen-bond donors (Lipinski definition) is 0. The zero-order chi connectivity index (χ0) is 17.3. The minimum Gasteiger partial charge on any atom is -0.250 e. The number of anilines is 1. The average Bonchev–Trinajstić information content (AvgIpc) is 2.97. The lowest BCUT2D eigenvalue weighted by atomic mass is 10.1. The SMILES string of the molecule is Cc1ccc(S(=O)(=O)N(C)c2nn(C)nc2-c2ccccc2)cc1. The van der Waals surface area contributed by atoms with E-state index in [0.717, 1.165) is 11.1 Å². The molecule has 0 saturated heterocycles. The highest BCUT2D eigenvalue weighted by Crippen LogP contribution is 2.29. The third-order valence-electron chi connectivity index (χ3n) is 3.72. The largest absolute Gasteiger partial charge is 0.265 e. The summed E-state index contributed by atoms with van der Waals surface area (Å²) in [4.78, 5) is 1.60. The molecule has 1 heterocycles. The first-order chi connectivity index (χ1) is 11.4. The first-order valence-corrected chi connectivity index (χ1v) is 8.86. The number of aryl methyl sites for hydroxylation is 2. The summed E-state index contributed by atoms with van der Waals surface area (Å²) in [5.41, 5.74) is 2.34. The van der Waals surface area contributed by atoms with E-state index in [1.807, 2.05) is 37.3 Å². The van der Waals surface area contributed by atoms with Gasteiger partial charge in [-0.2, -0.15) is 9.90 Å². The molecule has 0 aliphatic heterocycles. The number of nitrogens with zero attached hydrogens (tertiary/aromatic N) is 4. The van der Waals surface area contributed by atoms with E-state index < -0.39 is 10.0 Å². The van der Waals surface area contributed by atoms with E-state index in [1.165, 1.54) is 16.1 Å². The molecule has 1 aromatic heterocycles. The lowest BCUT2D eigenvalue weighted by Crippen LogP contribution is -2.27. The van der Waals surface area contributed by atoms with Gasteiger partial charge in [-0.05, 0) is 19.1 Å². The molecule has 0 amide bonds. The third kappa shape index (κ3) is 2.90. The van der Waals surface area contributed by atoms with Crippen molar-refractivity contribution in [1.82, 2.24) is 15.0 Å². The number of rotatable bonds is 4. The fourth-order valence-corrected chi connectivity index (χ4v) is 3.52. The van der Waals surface area contributed by atoms with Gasteiger partial charge in [0.2, 0.25) is 0 Å². The number of benzene rings is 2. The van der Waals surface area contributed by atoms with Gasteiger partial charge in [-0.15, -0.1) is 5.10 Å². The van der Waals surface area contributed by atoms with Crippen LogP contribution in [0.2, 0.25) is 0 Å². The Labute approximate surface area is 141 Å². The Kier molecular flexibility index (Phi) is 4.11. The van der Waals surface area contributed by atoms with Crippen molar-refractivity contribution >= 4 is 15.8 Å². The van der Waals surface area contributed by atoms with Crippen LogP contribution in [-0.4, -0.2) is 30.5 Å².